The van der Waals surface area contributed by atoms with E-state index in [2.05, 4.69) is 5.32 Å². The van der Waals surface area contributed by atoms with Gasteiger partial charge in [0.2, 0.25) is 5.54 Å². The molecule has 0 heterocycles. The smallest absolute Gasteiger partial charge is 0.340 e. The van der Waals surface area contributed by atoms with Crippen LogP contribution in [-0.4, -0.2) is 29.8 Å². The highest BCUT2D eigenvalue weighted by Gasteiger charge is 2.67. The molecule has 30 heavy (non-hydrogen) atoms. The van der Waals surface area contributed by atoms with Gasteiger partial charge in [-0.25, -0.2) is 4.79 Å². The number of hydrogen-bond acceptors (Lipinski definition) is 4. The molecule has 1 atom stereocenters. The Kier molecular flexibility index (Phi) is 5.50. The van der Waals surface area contributed by atoms with Gasteiger partial charge in [-0.2, -0.15) is 0 Å². The van der Waals surface area contributed by atoms with Crippen LogP contribution in [0.3, 0.4) is 0 Å². The van der Waals surface area contributed by atoms with Gasteiger partial charge in [-0.1, -0.05) is 25.1 Å². The number of Topliss-reactive ketones (excluding diaryl/α,β-unsaturated/α-hetero) is 1. The fourth-order valence-electron chi connectivity index (χ4n) is 7.02. The van der Waals surface area contributed by atoms with E-state index < -0.39 is 16.9 Å². The van der Waals surface area contributed by atoms with Crippen LogP contribution in [0.1, 0.15) is 74.7 Å². The molecule has 0 radical (unpaired) electrons. The first kappa shape index (κ1) is 21.1. The van der Waals surface area contributed by atoms with Crippen molar-refractivity contribution in [1.82, 2.24) is 5.32 Å². The normalized spacial score (nSPS) is 31.1. The van der Waals surface area contributed by atoms with E-state index in [1.807, 2.05) is 19.1 Å². The average Bonchev–Trinajstić information content (AvgIpc) is 2.70. The summed E-state index contributed by atoms with van der Waals surface area (Å²) in [5, 5.41) is 3.02. The van der Waals surface area contributed by atoms with Gasteiger partial charge in [-0.05, 0) is 81.8 Å². The molecule has 0 aromatic heterocycles. The molecule has 1 amide bonds. The summed E-state index contributed by atoms with van der Waals surface area (Å²) < 4.78 is 5.51. The Morgan fingerprint density at radius 1 is 1.03 bits per heavy atom. The number of esters is 1. The summed E-state index contributed by atoms with van der Waals surface area (Å²) in [5.41, 5.74) is -0.825. The van der Waals surface area contributed by atoms with Gasteiger partial charge in [-0.3, -0.25) is 9.59 Å². The fraction of sp³-hybridized carbons (Fsp3) is 0.640. The number of aryl methyl sites for hydroxylation is 1. The van der Waals surface area contributed by atoms with Crippen molar-refractivity contribution in [1.29, 1.82) is 0 Å². The molecule has 4 saturated carbocycles. The van der Waals surface area contributed by atoms with Gasteiger partial charge in [0.25, 0.3) is 5.91 Å². The molecule has 4 bridgehead atoms. The fourth-order valence-corrected chi connectivity index (χ4v) is 7.02. The summed E-state index contributed by atoms with van der Waals surface area (Å²) in [4.78, 5) is 40.6. The highest BCUT2D eigenvalue weighted by molar-refractivity contribution is 6.14. The molecule has 1 aromatic rings. The summed E-state index contributed by atoms with van der Waals surface area (Å²) in [6.45, 7) is 5.58. The quantitative estimate of drug-likeness (QED) is 0.539. The molecule has 4 aliphatic rings. The predicted octanol–water partition coefficient (Wildman–Crippen LogP) is 4.22. The van der Waals surface area contributed by atoms with E-state index in [1.165, 1.54) is 19.3 Å². The maximum absolute atomic E-state index is 13.6. The minimum atomic E-state index is -1.60. The van der Waals surface area contributed by atoms with Crippen LogP contribution < -0.4 is 5.32 Å². The number of rotatable bonds is 7. The molecule has 0 saturated heterocycles. The molecule has 4 aliphatic carbocycles. The molecule has 5 rings (SSSR count). The number of nitrogens with one attached hydrogen (secondary N) is 1. The number of hydrogen-bond donors (Lipinski definition) is 1. The van der Waals surface area contributed by atoms with Gasteiger partial charge in [-0.15, -0.1) is 0 Å². The highest BCUT2D eigenvalue weighted by atomic mass is 16.5. The number of ketones is 1. The highest BCUT2D eigenvalue weighted by Crippen LogP contribution is 2.64. The summed E-state index contributed by atoms with van der Waals surface area (Å²) in [5.74, 6) is 0.449. The van der Waals surface area contributed by atoms with Crippen molar-refractivity contribution in [3.05, 3.63) is 35.4 Å². The zero-order valence-corrected chi connectivity index (χ0v) is 18.3. The minimum Gasteiger partial charge on any atom is -0.464 e. The third-order valence-electron chi connectivity index (χ3n) is 7.85. The van der Waals surface area contributed by atoms with Crippen LogP contribution in [0.15, 0.2) is 24.3 Å². The lowest BCUT2D eigenvalue weighted by Crippen LogP contribution is -2.73. The van der Waals surface area contributed by atoms with Gasteiger partial charge in [0.15, 0.2) is 5.78 Å². The Labute approximate surface area is 178 Å². The minimum absolute atomic E-state index is 0.185. The second-order valence-electron chi connectivity index (χ2n) is 9.71. The summed E-state index contributed by atoms with van der Waals surface area (Å²) in [6.07, 6.45) is 6.19. The van der Waals surface area contributed by atoms with Crippen LogP contribution in [0.4, 0.5) is 0 Å². The van der Waals surface area contributed by atoms with Crippen molar-refractivity contribution < 1.29 is 19.1 Å². The largest absolute Gasteiger partial charge is 0.464 e. The lowest BCUT2D eigenvalue weighted by atomic mass is 9.43. The van der Waals surface area contributed by atoms with E-state index in [-0.39, 0.29) is 24.7 Å². The molecule has 0 unspecified atom stereocenters. The molecule has 162 valence electrons. The molecule has 5 heteroatoms. The van der Waals surface area contributed by atoms with Gasteiger partial charge < -0.3 is 10.1 Å². The number of carbonyl (C=O) groups excluding carboxylic acids is 3. The van der Waals surface area contributed by atoms with E-state index in [9.17, 15) is 14.4 Å². The molecule has 0 aliphatic heterocycles. The van der Waals surface area contributed by atoms with Crippen molar-refractivity contribution >= 4 is 17.7 Å². The number of amides is 1. The zero-order chi connectivity index (χ0) is 21.5. The zero-order valence-electron chi connectivity index (χ0n) is 18.3. The molecular formula is C25H33NO4. The second-order valence-corrected chi connectivity index (χ2v) is 9.71. The van der Waals surface area contributed by atoms with Crippen LogP contribution in [0, 0.1) is 30.1 Å². The van der Waals surface area contributed by atoms with E-state index >= 15 is 0 Å². The maximum atomic E-state index is 13.6. The standard InChI is InChI=1S/C25H33NO4/c1-4-21(27)25(23(29)30-5-2,26-22(28)20-9-7-6-8-16(20)3)24-13-17-10-18(14-24)12-19(11-17)15-24/h6-9,17-19H,4-5,10-15H2,1-3H3,(H,26,28)/t17?,18?,19?,24?,25-/m0/s1. The van der Waals surface area contributed by atoms with E-state index in [0.717, 1.165) is 24.8 Å². The van der Waals surface area contributed by atoms with E-state index in [1.54, 1.807) is 26.0 Å². The molecule has 1 aromatic carbocycles. The average molecular weight is 412 g/mol. The van der Waals surface area contributed by atoms with Crippen LogP contribution in [0.25, 0.3) is 0 Å². The Balaban J connectivity index is 1.82. The number of benzene rings is 1. The van der Waals surface area contributed by atoms with Crippen molar-refractivity contribution in [3.63, 3.8) is 0 Å². The van der Waals surface area contributed by atoms with Gasteiger partial charge >= 0.3 is 5.97 Å². The molecule has 4 fully saturated rings. The predicted molar refractivity (Wildman–Crippen MR) is 114 cm³/mol. The van der Waals surface area contributed by atoms with Crippen LogP contribution >= 0.6 is 0 Å². The van der Waals surface area contributed by atoms with Gasteiger partial charge in [0.1, 0.15) is 0 Å². The third-order valence-corrected chi connectivity index (χ3v) is 7.85. The topological polar surface area (TPSA) is 72.5 Å². The Hall–Kier alpha value is -2.17. The maximum Gasteiger partial charge on any atom is 0.340 e. The van der Waals surface area contributed by atoms with E-state index in [0.29, 0.717) is 23.3 Å². The summed E-state index contributed by atoms with van der Waals surface area (Å²) in [7, 11) is 0. The SMILES string of the molecule is CCOC(=O)[C@@](NC(=O)c1ccccc1C)(C(=O)CC)C12CC3CC(CC(C3)C1)C2. The number of carbonyl (C=O) groups is 3. The van der Waals surface area contributed by atoms with E-state index in [4.69, 9.17) is 4.74 Å². The molecule has 5 nitrogen and oxygen atoms in total. The van der Waals surface area contributed by atoms with Crippen molar-refractivity contribution in [2.45, 2.75) is 71.3 Å². The second kappa shape index (κ2) is 7.82. The Morgan fingerprint density at radius 2 is 1.60 bits per heavy atom. The van der Waals surface area contributed by atoms with Gasteiger partial charge in [0, 0.05) is 17.4 Å². The first-order valence-electron chi connectivity index (χ1n) is 11.4. The first-order chi connectivity index (χ1) is 14.3. The van der Waals surface area contributed by atoms with Gasteiger partial charge in [0.05, 0.1) is 6.61 Å². The Bertz CT molecular complexity index is 825. The van der Waals surface area contributed by atoms with Crippen molar-refractivity contribution in [2.75, 3.05) is 6.61 Å². The van der Waals surface area contributed by atoms with Crippen molar-refractivity contribution in [3.8, 4) is 0 Å². The van der Waals surface area contributed by atoms with Crippen LogP contribution in [-0.2, 0) is 14.3 Å². The van der Waals surface area contributed by atoms with Crippen LogP contribution in [0.5, 0.6) is 0 Å². The molecule has 0 spiro atoms. The first-order valence-corrected chi connectivity index (χ1v) is 11.4. The summed E-state index contributed by atoms with van der Waals surface area (Å²) >= 11 is 0. The van der Waals surface area contributed by atoms with Crippen LogP contribution in [0.2, 0.25) is 0 Å². The third kappa shape index (κ3) is 3.17. The lowest BCUT2D eigenvalue weighted by molar-refractivity contribution is -0.175. The summed E-state index contributed by atoms with van der Waals surface area (Å²) in [6, 6.07) is 7.30. The lowest BCUT2D eigenvalue weighted by Gasteiger charge is -2.61. The number of ether oxygens (including phenoxy) is 1. The van der Waals surface area contributed by atoms with Crippen molar-refractivity contribution in [2.24, 2.45) is 23.2 Å². The molecule has 1 N–H and O–H groups in total. The Morgan fingerprint density at radius 3 is 2.10 bits per heavy atom. The molecular weight excluding hydrogens is 378 g/mol. The monoisotopic (exact) mass is 411 g/mol.